The molecule has 0 aromatic carbocycles. The van der Waals surface area contributed by atoms with Crippen LogP contribution in [0.5, 0.6) is 0 Å². The SMILES string of the molecule is CCC/C=C/C(CCCCCCCCCCCCCCCC)C(O)C(O)C(=O)OC(=O)C(O)C(O)C(/C=C/CCC)CCCCCCCCCCCCCCCC. The van der Waals surface area contributed by atoms with E-state index in [0.29, 0.717) is 12.8 Å². The fourth-order valence-corrected chi connectivity index (χ4v) is 7.75. The average molecular weight is 807 g/mol. The summed E-state index contributed by atoms with van der Waals surface area (Å²) in [5, 5.41) is 43.6. The first kappa shape index (κ1) is 55.5. The van der Waals surface area contributed by atoms with Gasteiger partial charge in [0.2, 0.25) is 0 Å². The Bertz CT molecular complexity index is 875. The van der Waals surface area contributed by atoms with Gasteiger partial charge in [-0.1, -0.05) is 245 Å². The third-order valence-corrected chi connectivity index (χ3v) is 11.7. The zero-order valence-electron chi connectivity index (χ0n) is 37.8. The van der Waals surface area contributed by atoms with Crippen LogP contribution in [0.25, 0.3) is 0 Å². The molecule has 0 aromatic heterocycles. The number of unbranched alkanes of at least 4 members (excludes halogenated alkanes) is 28. The normalized spacial score (nSPS) is 15.2. The average Bonchev–Trinajstić information content (AvgIpc) is 3.21. The molecule has 4 N–H and O–H groups in total. The van der Waals surface area contributed by atoms with Gasteiger partial charge in [0.05, 0.1) is 12.2 Å². The van der Waals surface area contributed by atoms with Crippen LogP contribution in [0.1, 0.15) is 246 Å². The minimum Gasteiger partial charge on any atom is -0.389 e. The number of allylic oxidation sites excluding steroid dienone is 2. The van der Waals surface area contributed by atoms with Crippen molar-refractivity contribution in [3.63, 3.8) is 0 Å². The van der Waals surface area contributed by atoms with E-state index < -0.39 is 48.2 Å². The van der Waals surface area contributed by atoms with Gasteiger partial charge >= 0.3 is 11.9 Å². The van der Waals surface area contributed by atoms with E-state index in [1.165, 1.54) is 141 Å². The van der Waals surface area contributed by atoms with Crippen molar-refractivity contribution >= 4 is 11.9 Å². The quantitative estimate of drug-likeness (QED) is 0.0209. The Labute approximate surface area is 352 Å². The standard InChI is InChI=1S/C50H94O7/c1-5-9-13-15-17-19-21-23-25-27-29-31-33-37-41-43(39-35-11-7-3)45(51)47(53)49(55)57-50(56)48(54)46(52)44(40-36-12-8-4)42-38-34-32-30-28-26-24-22-20-18-16-14-10-6-2/h35-36,39-40,43-48,51-54H,5-34,37-38,41-42H2,1-4H3/b39-35+,40-36+. The Kier molecular flexibility index (Phi) is 40.1. The molecule has 0 aliphatic rings. The first-order chi connectivity index (χ1) is 27.7. The molecule has 0 heterocycles. The van der Waals surface area contributed by atoms with E-state index in [1.54, 1.807) is 0 Å². The third-order valence-electron chi connectivity index (χ3n) is 11.7. The molecule has 0 bridgehead atoms. The van der Waals surface area contributed by atoms with Gasteiger partial charge in [-0.15, -0.1) is 0 Å². The van der Waals surface area contributed by atoms with Gasteiger partial charge in [0.15, 0.2) is 12.2 Å². The molecule has 0 radical (unpaired) electrons. The molecule has 0 saturated carbocycles. The maximum absolute atomic E-state index is 12.9. The van der Waals surface area contributed by atoms with Crippen molar-refractivity contribution in [3.8, 4) is 0 Å². The van der Waals surface area contributed by atoms with Crippen LogP contribution in [-0.4, -0.2) is 56.8 Å². The summed E-state index contributed by atoms with van der Waals surface area (Å²) in [6.07, 6.45) is 40.5. The van der Waals surface area contributed by atoms with Crippen molar-refractivity contribution in [1.82, 2.24) is 0 Å². The highest BCUT2D eigenvalue weighted by molar-refractivity contribution is 5.90. The van der Waals surface area contributed by atoms with Crippen molar-refractivity contribution in [2.75, 3.05) is 0 Å². The largest absolute Gasteiger partial charge is 0.389 e. The lowest BCUT2D eigenvalue weighted by molar-refractivity contribution is -0.179. The van der Waals surface area contributed by atoms with Gasteiger partial charge in [-0.05, 0) is 25.7 Å². The van der Waals surface area contributed by atoms with Gasteiger partial charge in [-0.2, -0.15) is 0 Å². The molecule has 0 aliphatic heterocycles. The van der Waals surface area contributed by atoms with Crippen LogP contribution in [0.4, 0.5) is 0 Å². The molecular weight excluding hydrogens is 713 g/mol. The number of rotatable bonds is 42. The number of hydrogen-bond donors (Lipinski definition) is 4. The summed E-state index contributed by atoms with van der Waals surface area (Å²) < 4.78 is 4.88. The molecule has 57 heavy (non-hydrogen) atoms. The third kappa shape index (κ3) is 32.0. The van der Waals surface area contributed by atoms with Crippen LogP contribution in [0.3, 0.4) is 0 Å². The van der Waals surface area contributed by atoms with Crippen molar-refractivity contribution in [1.29, 1.82) is 0 Å². The Morgan fingerprint density at radius 3 is 0.877 bits per heavy atom. The number of ether oxygens (including phenoxy) is 1. The molecule has 0 aliphatic carbocycles. The lowest BCUT2D eigenvalue weighted by Crippen LogP contribution is -2.45. The lowest BCUT2D eigenvalue weighted by atomic mass is 9.90. The number of carbonyl (C=O) groups is 2. The monoisotopic (exact) mass is 807 g/mol. The van der Waals surface area contributed by atoms with Crippen LogP contribution < -0.4 is 0 Å². The van der Waals surface area contributed by atoms with Crippen LogP contribution in [0.2, 0.25) is 0 Å². The Morgan fingerprint density at radius 1 is 0.386 bits per heavy atom. The summed E-state index contributed by atoms with van der Waals surface area (Å²) in [5.74, 6) is -3.56. The van der Waals surface area contributed by atoms with E-state index in [1.807, 2.05) is 24.3 Å². The molecule has 0 amide bonds. The predicted octanol–water partition coefficient (Wildman–Crippen LogP) is 13.2. The zero-order valence-corrected chi connectivity index (χ0v) is 37.8. The van der Waals surface area contributed by atoms with Gasteiger partial charge in [-0.3, -0.25) is 0 Å². The first-order valence-electron chi connectivity index (χ1n) is 24.6. The molecule has 6 unspecified atom stereocenters. The summed E-state index contributed by atoms with van der Waals surface area (Å²) in [7, 11) is 0. The number of hydrogen-bond acceptors (Lipinski definition) is 7. The van der Waals surface area contributed by atoms with E-state index in [4.69, 9.17) is 4.74 Å². The minimum absolute atomic E-state index is 0.472. The second kappa shape index (κ2) is 41.2. The van der Waals surface area contributed by atoms with Gasteiger partial charge in [0, 0.05) is 11.8 Å². The van der Waals surface area contributed by atoms with Crippen LogP contribution in [-0.2, 0) is 14.3 Å². The second-order valence-corrected chi connectivity index (χ2v) is 17.1. The highest BCUT2D eigenvalue weighted by atomic mass is 16.6. The van der Waals surface area contributed by atoms with E-state index in [2.05, 4.69) is 27.7 Å². The maximum Gasteiger partial charge on any atom is 0.345 e. The van der Waals surface area contributed by atoms with E-state index in [-0.39, 0.29) is 0 Å². The first-order valence-corrected chi connectivity index (χ1v) is 24.6. The zero-order chi connectivity index (χ0) is 42.2. The molecule has 0 spiro atoms. The number of esters is 2. The van der Waals surface area contributed by atoms with E-state index in [0.717, 1.165) is 64.2 Å². The lowest BCUT2D eigenvalue weighted by Gasteiger charge is -2.25. The number of aliphatic hydroxyl groups excluding tert-OH is 4. The predicted molar refractivity (Wildman–Crippen MR) is 240 cm³/mol. The van der Waals surface area contributed by atoms with Crippen molar-refractivity contribution in [2.45, 2.75) is 270 Å². The van der Waals surface area contributed by atoms with Crippen molar-refractivity contribution < 1.29 is 34.8 Å². The highest BCUT2D eigenvalue weighted by Crippen LogP contribution is 2.23. The molecule has 0 saturated heterocycles. The fourth-order valence-electron chi connectivity index (χ4n) is 7.75. The molecule has 0 rings (SSSR count). The fraction of sp³-hybridized carbons (Fsp3) is 0.880. The summed E-state index contributed by atoms with van der Waals surface area (Å²) in [6, 6.07) is 0. The molecule has 336 valence electrons. The maximum atomic E-state index is 12.9. The van der Waals surface area contributed by atoms with Gasteiger partial charge in [-0.25, -0.2) is 9.59 Å². The second-order valence-electron chi connectivity index (χ2n) is 17.1. The number of aliphatic hydroxyl groups is 4. The van der Waals surface area contributed by atoms with Crippen LogP contribution >= 0.6 is 0 Å². The number of carbonyl (C=O) groups excluding carboxylic acids is 2. The van der Waals surface area contributed by atoms with Crippen molar-refractivity contribution in [3.05, 3.63) is 24.3 Å². The van der Waals surface area contributed by atoms with E-state index in [9.17, 15) is 30.0 Å². The molecule has 7 heteroatoms. The van der Waals surface area contributed by atoms with Gasteiger partial charge < -0.3 is 25.2 Å². The molecule has 0 fully saturated rings. The molecular formula is C50H94O7. The van der Waals surface area contributed by atoms with Crippen LogP contribution in [0.15, 0.2) is 24.3 Å². The molecule has 6 atom stereocenters. The Morgan fingerprint density at radius 2 is 0.632 bits per heavy atom. The summed E-state index contributed by atoms with van der Waals surface area (Å²) in [6.45, 7) is 8.63. The van der Waals surface area contributed by atoms with Crippen molar-refractivity contribution in [2.24, 2.45) is 11.8 Å². The van der Waals surface area contributed by atoms with Gasteiger partial charge in [0.1, 0.15) is 0 Å². The smallest absolute Gasteiger partial charge is 0.345 e. The Balaban J connectivity index is 4.73. The summed E-state index contributed by atoms with van der Waals surface area (Å²) in [5.41, 5.74) is 0. The highest BCUT2D eigenvalue weighted by Gasteiger charge is 2.36. The summed E-state index contributed by atoms with van der Waals surface area (Å²) in [4.78, 5) is 25.7. The van der Waals surface area contributed by atoms with E-state index >= 15 is 0 Å². The Hall–Kier alpha value is -1.54. The van der Waals surface area contributed by atoms with Crippen LogP contribution in [0, 0.1) is 11.8 Å². The molecule has 7 nitrogen and oxygen atoms in total. The topological polar surface area (TPSA) is 124 Å². The summed E-state index contributed by atoms with van der Waals surface area (Å²) >= 11 is 0. The molecule has 0 aromatic rings. The minimum atomic E-state index is -1.95. The van der Waals surface area contributed by atoms with Gasteiger partial charge in [0.25, 0.3) is 0 Å².